The highest BCUT2D eigenvalue weighted by Gasteiger charge is 2.32. The molecule has 1 amide bonds. The molecule has 1 N–H and O–H groups in total. The molecule has 1 aromatic rings. The second-order valence-corrected chi connectivity index (χ2v) is 5.06. The van der Waals surface area contributed by atoms with Crippen molar-refractivity contribution in [1.82, 2.24) is 5.32 Å². The van der Waals surface area contributed by atoms with Crippen LogP contribution in [0, 0.1) is 5.82 Å². The van der Waals surface area contributed by atoms with Crippen molar-refractivity contribution in [3.8, 4) is 0 Å². The molecule has 1 atom stereocenters. The summed E-state index contributed by atoms with van der Waals surface area (Å²) in [5, 5.41) is 2.76. The van der Waals surface area contributed by atoms with E-state index in [4.69, 9.17) is 9.47 Å². The molecule has 0 aliphatic carbocycles. The molecule has 1 fully saturated rings. The average Bonchev–Trinajstić information content (AvgIpc) is 2.66. The maximum Gasteiger partial charge on any atom is 0.224 e. The van der Waals surface area contributed by atoms with Crippen LogP contribution in [0.3, 0.4) is 0 Å². The van der Waals surface area contributed by atoms with Crippen LogP contribution in [0.1, 0.15) is 19.4 Å². The molecule has 0 spiro atoms. The third-order valence-electron chi connectivity index (χ3n) is 2.85. The zero-order chi connectivity index (χ0) is 13.9. The van der Waals surface area contributed by atoms with Crippen LogP contribution >= 0.6 is 0 Å². The van der Waals surface area contributed by atoms with Gasteiger partial charge in [-0.25, -0.2) is 4.39 Å². The number of benzene rings is 1. The highest BCUT2D eigenvalue weighted by atomic mass is 19.1. The Bertz CT molecular complexity index is 462. The Labute approximate surface area is 111 Å². The summed E-state index contributed by atoms with van der Waals surface area (Å²) in [6.45, 7) is 4.54. The number of carbonyl (C=O) groups excluding carboxylic acids is 1. The van der Waals surface area contributed by atoms with Crippen molar-refractivity contribution in [3.05, 3.63) is 35.6 Å². The highest BCUT2D eigenvalue weighted by Crippen LogP contribution is 2.21. The number of halogens is 1. The van der Waals surface area contributed by atoms with E-state index >= 15 is 0 Å². The number of hydrogen-bond acceptors (Lipinski definition) is 3. The molecule has 1 heterocycles. The van der Waals surface area contributed by atoms with Crippen LogP contribution in [-0.2, 0) is 20.7 Å². The maximum absolute atomic E-state index is 13.0. The Kier molecular flexibility index (Phi) is 4.17. The number of ether oxygens (including phenoxy) is 2. The third kappa shape index (κ3) is 4.29. The maximum atomic E-state index is 13.0. The van der Waals surface area contributed by atoms with E-state index in [9.17, 15) is 9.18 Å². The predicted molar refractivity (Wildman–Crippen MR) is 68.0 cm³/mol. The molecule has 2 rings (SSSR count). The van der Waals surface area contributed by atoms with Gasteiger partial charge in [-0.2, -0.15) is 0 Å². The van der Waals surface area contributed by atoms with Crippen molar-refractivity contribution in [3.63, 3.8) is 0 Å². The molecule has 0 saturated carbocycles. The summed E-state index contributed by atoms with van der Waals surface area (Å²) in [4.78, 5) is 11.7. The molecule has 0 aromatic heterocycles. The zero-order valence-electron chi connectivity index (χ0n) is 11.1. The Hall–Kier alpha value is -1.46. The summed E-state index contributed by atoms with van der Waals surface area (Å²) in [6.07, 6.45) is 0.0285. The van der Waals surface area contributed by atoms with Crippen molar-refractivity contribution in [2.75, 3.05) is 13.2 Å². The molecule has 19 heavy (non-hydrogen) atoms. The minimum Gasteiger partial charge on any atom is -0.353 e. The van der Waals surface area contributed by atoms with E-state index in [0.717, 1.165) is 0 Å². The first-order valence-corrected chi connectivity index (χ1v) is 6.27. The Morgan fingerprint density at radius 1 is 1.53 bits per heavy atom. The third-order valence-corrected chi connectivity index (χ3v) is 2.85. The van der Waals surface area contributed by atoms with Gasteiger partial charge in [0.25, 0.3) is 0 Å². The first-order valence-electron chi connectivity index (χ1n) is 6.27. The normalized spacial score (nSPS) is 21.3. The molecule has 104 valence electrons. The smallest absolute Gasteiger partial charge is 0.224 e. The summed E-state index contributed by atoms with van der Waals surface area (Å²) in [5.74, 6) is -1.07. The number of hydrogen-bond donors (Lipinski definition) is 1. The van der Waals surface area contributed by atoms with Crippen molar-refractivity contribution in [2.45, 2.75) is 32.2 Å². The Morgan fingerprint density at radius 2 is 2.32 bits per heavy atom. The van der Waals surface area contributed by atoms with Crippen LogP contribution in [0.25, 0.3) is 0 Å². The molecule has 4 nitrogen and oxygen atoms in total. The van der Waals surface area contributed by atoms with Gasteiger partial charge in [-0.15, -0.1) is 0 Å². The van der Waals surface area contributed by atoms with E-state index in [2.05, 4.69) is 5.32 Å². The van der Waals surface area contributed by atoms with Gasteiger partial charge in [0.2, 0.25) is 5.91 Å². The molecule has 1 aromatic carbocycles. The van der Waals surface area contributed by atoms with Crippen LogP contribution < -0.4 is 5.32 Å². The van der Waals surface area contributed by atoms with Crippen LogP contribution in [-0.4, -0.2) is 30.9 Å². The molecular formula is C14H18FNO3. The van der Waals surface area contributed by atoms with Crippen LogP contribution in [0.4, 0.5) is 4.39 Å². The summed E-state index contributed by atoms with van der Waals surface area (Å²) in [6, 6.07) is 6.03. The summed E-state index contributed by atoms with van der Waals surface area (Å²) < 4.78 is 23.9. The number of carbonyl (C=O) groups is 1. The molecule has 0 bridgehead atoms. The number of nitrogens with one attached hydrogen (secondary N) is 1. The second-order valence-electron chi connectivity index (χ2n) is 5.06. The first-order chi connectivity index (χ1) is 8.94. The molecule has 1 unspecified atom stereocenters. The second kappa shape index (κ2) is 5.67. The van der Waals surface area contributed by atoms with E-state index < -0.39 is 5.79 Å². The number of rotatable bonds is 4. The van der Waals surface area contributed by atoms with Crippen molar-refractivity contribution in [1.29, 1.82) is 0 Å². The van der Waals surface area contributed by atoms with Crippen molar-refractivity contribution >= 4 is 5.91 Å². The van der Waals surface area contributed by atoms with Gasteiger partial charge in [0, 0.05) is 6.54 Å². The van der Waals surface area contributed by atoms with Crippen molar-refractivity contribution in [2.24, 2.45) is 0 Å². The minimum absolute atomic E-state index is 0.133. The molecule has 5 heteroatoms. The fourth-order valence-corrected chi connectivity index (χ4v) is 1.99. The largest absolute Gasteiger partial charge is 0.353 e. The van der Waals surface area contributed by atoms with Crippen LogP contribution in [0.5, 0.6) is 0 Å². The van der Waals surface area contributed by atoms with Gasteiger partial charge in [-0.05, 0) is 31.5 Å². The molecule has 0 radical (unpaired) electrons. The topological polar surface area (TPSA) is 47.6 Å². The lowest BCUT2D eigenvalue weighted by Crippen LogP contribution is -2.35. The van der Waals surface area contributed by atoms with Crippen LogP contribution in [0.15, 0.2) is 24.3 Å². The summed E-state index contributed by atoms with van der Waals surface area (Å²) in [7, 11) is 0. The van der Waals surface area contributed by atoms with Gasteiger partial charge < -0.3 is 14.8 Å². The van der Waals surface area contributed by atoms with E-state index in [-0.39, 0.29) is 24.2 Å². The standard InChI is InChI=1S/C14H18FNO3/c1-14(2)18-9-12(19-14)8-16-13(17)7-10-4-3-5-11(15)6-10/h3-6,12H,7-9H2,1-2H3,(H,16,17). The van der Waals surface area contributed by atoms with Gasteiger partial charge in [-0.3, -0.25) is 4.79 Å². The van der Waals surface area contributed by atoms with Gasteiger partial charge in [0.15, 0.2) is 5.79 Å². The molecular weight excluding hydrogens is 249 g/mol. The van der Waals surface area contributed by atoms with Gasteiger partial charge >= 0.3 is 0 Å². The Morgan fingerprint density at radius 3 is 2.95 bits per heavy atom. The predicted octanol–water partition coefficient (Wildman–Crippen LogP) is 1.64. The van der Waals surface area contributed by atoms with E-state index in [0.29, 0.717) is 18.7 Å². The molecule has 1 aliphatic heterocycles. The first kappa shape index (κ1) is 14.0. The zero-order valence-corrected chi connectivity index (χ0v) is 11.1. The molecule has 1 saturated heterocycles. The van der Waals surface area contributed by atoms with E-state index in [1.54, 1.807) is 12.1 Å². The quantitative estimate of drug-likeness (QED) is 0.902. The van der Waals surface area contributed by atoms with Gasteiger partial charge in [0.05, 0.1) is 13.0 Å². The lowest BCUT2D eigenvalue weighted by atomic mass is 10.1. The number of amides is 1. The van der Waals surface area contributed by atoms with E-state index in [1.807, 2.05) is 13.8 Å². The van der Waals surface area contributed by atoms with Gasteiger partial charge in [-0.1, -0.05) is 12.1 Å². The van der Waals surface area contributed by atoms with Crippen molar-refractivity contribution < 1.29 is 18.7 Å². The fourth-order valence-electron chi connectivity index (χ4n) is 1.99. The highest BCUT2D eigenvalue weighted by molar-refractivity contribution is 5.78. The summed E-state index contributed by atoms with van der Waals surface area (Å²) in [5.41, 5.74) is 0.654. The van der Waals surface area contributed by atoms with Gasteiger partial charge in [0.1, 0.15) is 11.9 Å². The summed E-state index contributed by atoms with van der Waals surface area (Å²) >= 11 is 0. The SMILES string of the molecule is CC1(C)OCC(CNC(=O)Cc2cccc(F)c2)O1. The lowest BCUT2D eigenvalue weighted by Gasteiger charge is -2.17. The Balaban J connectivity index is 1.76. The molecule has 1 aliphatic rings. The lowest BCUT2D eigenvalue weighted by molar-refractivity contribution is -0.139. The fraction of sp³-hybridized carbons (Fsp3) is 0.500. The van der Waals surface area contributed by atoms with E-state index in [1.165, 1.54) is 12.1 Å². The monoisotopic (exact) mass is 267 g/mol. The average molecular weight is 267 g/mol. The van der Waals surface area contributed by atoms with Crippen LogP contribution in [0.2, 0.25) is 0 Å². The minimum atomic E-state index is -0.585.